The van der Waals surface area contributed by atoms with Crippen molar-refractivity contribution in [1.82, 2.24) is 5.16 Å². The molecule has 190 valence electrons. The average Bonchev–Trinajstić information content (AvgIpc) is 3.29. The summed E-state index contributed by atoms with van der Waals surface area (Å²) < 4.78 is 11.1. The van der Waals surface area contributed by atoms with Gasteiger partial charge in [0.15, 0.2) is 5.76 Å². The van der Waals surface area contributed by atoms with E-state index in [9.17, 15) is 4.79 Å². The average molecular weight is 516 g/mol. The molecule has 1 aliphatic heterocycles. The quantitative estimate of drug-likeness (QED) is 0.280. The fourth-order valence-corrected chi connectivity index (χ4v) is 4.99. The van der Waals surface area contributed by atoms with E-state index >= 15 is 0 Å². The van der Waals surface area contributed by atoms with Crippen LogP contribution in [0.2, 0.25) is 5.02 Å². The van der Waals surface area contributed by atoms with Gasteiger partial charge in [-0.25, -0.2) is 4.79 Å². The van der Waals surface area contributed by atoms with E-state index in [0.717, 1.165) is 35.3 Å². The van der Waals surface area contributed by atoms with Gasteiger partial charge in [0.05, 0.1) is 0 Å². The predicted octanol–water partition coefficient (Wildman–Crippen LogP) is 8.27. The minimum absolute atomic E-state index is 0.479. The highest BCUT2D eigenvalue weighted by atomic mass is 35.5. The molecule has 0 bridgehead atoms. The molecule has 2 heterocycles. The molecule has 6 nitrogen and oxygen atoms in total. The molecule has 1 saturated heterocycles. The summed E-state index contributed by atoms with van der Waals surface area (Å²) in [6.07, 6.45) is 2.73. The molecule has 1 aromatic heterocycles. The van der Waals surface area contributed by atoms with Crippen molar-refractivity contribution >= 4 is 29.1 Å². The zero-order valence-electron chi connectivity index (χ0n) is 21.0. The Bertz CT molecular complexity index is 1360. The first-order valence-electron chi connectivity index (χ1n) is 12.6. The van der Waals surface area contributed by atoms with Gasteiger partial charge in [-0.1, -0.05) is 71.4 Å². The summed E-state index contributed by atoms with van der Waals surface area (Å²) in [5, 5.41) is 7.40. The van der Waals surface area contributed by atoms with Gasteiger partial charge in [-0.2, -0.15) is 0 Å². The summed E-state index contributed by atoms with van der Waals surface area (Å²) in [5.74, 6) is 0.479. The molecule has 1 N–H and O–H groups in total. The van der Waals surface area contributed by atoms with Crippen molar-refractivity contribution in [1.29, 1.82) is 0 Å². The maximum absolute atomic E-state index is 12.7. The number of aromatic nitrogens is 1. The van der Waals surface area contributed by atoms with Gasteiger partial charge in [-0.15, -0.1) is 0 Å². The lowest BCUT2D eigenvalue weighted by Crippen LogP contribution is -2.29. The highest BCUT2D eigenvalue weighted by molar-refractivity contribution is 6.31. The minimum atomic E-state index is -0.606. The number of amides is 1. The molecule has 1 aliphatic rings. The fourth-order valence-electron chi connectivity index (χ4n) is 4.71. The van der Waals surface area contributed by atoms with E-state index in [-0.39, 0.29) is 0 Å². The van der Waals surface area contributed by atoms with Crippen molar-refractivity contribution in [3.05, 3.63) is 89.1 Å². The Balaban J connectivity index is 1.28. The van der Waals surface area contributed by atoms with Crippen LogP contribution in [0.1, 0.15) is 43.5 Å². The van der Waals surface area contributed by atoms with Crippen molar-refractivity contribution in [3.8, 4) is 22.5 Å². The molecule has 37 heavy (non-hydrogen) atoms. The first-order valence-corrected chi connectivity index (χ1v) is 13.0. The Morgan fingerprint density at radius 1 is 0.946 bits per heavy atom. The van der Waals surface area contributed by atoms with Gasteiger partial charge in [0.25, 0.3) is 0 Å². The second kappa shape index (κ2) is 11.1. The van der Waals surface area contributed by atoms with Crippen LogP contribution in [0.5, 0.6) is 0 Å². The van der Waals surface area contributed by atoms with Crippen LogP contribution in [0.4, 0.5) is 16.2 Å². The number of ether oxygens (including phenoxy) is 1. The summed E-state index contributed by atoms with van der Waals surface area (Å²) in [4.78, 5) is 15.1. The topological polar surface area (TPSA) is 67.6 Å². The van der Waals surface area contributed by atoms with Crippen molar-refractivity contribution in [2.45, 2.75) is 39.2 Å². The van der Waals surface area contributed by atoms with Gasteiger partial charge in [0, 0.05) is 34.9 Å². The van der Waals surface area contributed by atoms with Crippen LogP contribution in [0.25, 0.3) is 22.5 Å². The zero-order chi connectivity index (χ0) is 25.8. The van der Waals surface area contributed by atoms with Crippen LogP contribution >= 0.6 is 11.6 Å². The Morgan fingerprint density at radius 3 is 2.24 bits per heavy atom. The second-order valence-corrected chi connectivity index (χ2v) is 9.75. The van der Waals surface area contributed by atoms with E-state index in [2.05, 4.69) is 39.6 Å². The minimum Gasteiger partial charge on any atom is -0.441 e. The van der Waals surface area contributed by atoms with Crippen molar-refractivity contribution in [2.24, 2.45) is 0 Å². The third-order valence-corrected chi connectivity index (χ3v) is 7.13. The van der Waals surface area contributed by atoms with E-state index in [1.54, 1.807) is 19.9 Å². The Hall–Kier alpha value is -3.77. The van der Waals surface area contributed by atoms with E-state index in [4.69, 9.17) is 20.9 Å². The normalized spacial score (nSPS) is 14.3. The summed E-state index contributed by atoms with van der Waals surface area (Å²) in [5.41, 5.74) is 6.13. The molecule has 1 amide bonds. The molecule has 0 radical (unpaired) electrons. The number of hydrogen-bond acceptors (Lipinski definition) is 5. The first-order chi connectivity index (χ1) is 18.0. The lowest BCUT2D eigenvalue weighted by atomic mass is 10.0. The number of benzene rings is 3. The number of anilines is 2. The number of nitrogens with one attached hydrogen (secondary N) is 1. The summed E-state index contributed by atoms with van der Waals surface area (Å²) in [7, 11) is 0. The number of piperidine rings is 1. The third kappa shape index (κ3) is 5.65. The summed E-state index contributed by atoms with van der Waals surface area (Å²) >= 11 is 6.24. The molecule has 4 aromatic rings. The zero-order valence-corrected chi connectivity index (χ0v) is 21.8. The molecule has 7 heteroatoms. The fraction of sp³-hybridized carbons (Fsp3) is 0.267. The van der Waals surface area contributed by atoms with Gasteiger partial charge >= 0.3 is 6.09 Å². The van der Waals surface area contributed by atoms with E-state index in [1.807, 2.05) is 42.5 Å². The smallest absolute Gasteiger partial charge is 0.412 e. The lowest BCUT2D eigenvalue weighted by Gasteiger charge is -2.28. The molecule has 1 atom stereocenters. The second-order valence-electron chi connectivity index (χ2n) is 9.34. The van der Waals surface area contributed by atoms with Crippen LogP contribution in [-0.2, 0) is 4.74 Å². The SMILES string of the molecule is Cc1noc(-c2ccc(-c3ccc(N4CCCCC4)cc3)cc2)c1NC(=O)O[C@H](C)c1ccccc1Cl. The van der Waals surface area contributed by atoms with Crippen LogP contribution in [0.15, 0.2) is 77.3 Å². The Morgan fingerprint density at radius 2 is 1.57 bits per heavy atom. The molecule has 5 rings (SSSR count). The predicted molar refractivity (Wildman–Crippen MR) is 148 cm³/mol. The molecule has 3 aromatic carbocycles. The van der Waals surface area contributed by atoms with Gasteiger partial charge in [0.1, 0.15) is 17.5 Å². The number of halogens is 1. The van der Waals surface area contributed by atoms with Crippen molar-refractivity contribution in [2.75, 3.05) is 23.3 Å². The molecule has 0 aliphatic carbocycles. The molecule has 0 unspecified atom stereocenters. The van der Waals surface area contributed by atoms with Crippen LogP contribution in [-0.4, -0.2) is 24.3 Å². The van der Waals surface area contributed by atoms with E-state index in [0.29, 0.717) is 22.2 Å². The first kappa shape index (κ1) is 24.9. The van der Waals surface area contributed by atoms with Crippen molar-refractivity contribution in [3.63, 3.8) is 0 Å². The molecular weight excluding hydrogens is 486 g/mol. The van der Waals surface area contributed by atoms with E-state index in [1.165, 1.54) is 24.9 Å². The van der Waals surface area contributed by atoms with Crippen LogP contribution in [0.3, 0.4) is 0 Å². The van der Waals surface area contributed by atoms with Gasteiger partial charge < -0.3 is 14.2 Å². The molecule has 0 spiro atoms. The largest absolute Gasteiger partial charge is 0.441 e. The van der Waals surface area contributed by atoms with E-state index < -0.39 is 12.2 Å². The Labute approximate surface area is 222 Å². The maximum Gasteiger partial charge on any atom is 0.412 e. The number of hydrogen-bond donors (Lipinski definition) is 1. The van der Waals surface area contributed by atoms with Crippen LogP contribution in [0, 0.1) is 6.92 Å². The number of carbonyl (C=O) groups excluding carboxylic acids is 1. The number of rotatable bonds is 6. The standard InChI is InChI=1S/C30H30ClN3O3/c1-20-28(32-30(35)36-21(2)26-8-4-5-9-27(26)31)29(37-33-20)24-12-10-22(11-13-24)23-14-16-25(17-15-23)34-18-6-3-7-19-34/h4-5,8-17,21H,3,6-7,18-19H2,1-2H3,(H,32,35)/t21-/m1/s1. The third-order valence-electron chi connectivity index (χ3n) is 6.79. The van der Waals surface area contributed by atoms with Crippen molar-refractivity contribution < 1.29 is 14.1 Å². The monoisotopic (exact) mass is 515 g/mol. The molecular formula is C30H30ClN3O3. The maximum atomic E-state index is 12.7. The van der Waals surface area contributed by atoms with Gasteiger partial charge in [-0.3, -0.25) is 5.32 Å². The summed E-state index contributed by atoms with van der Waals surface area (Å²) in [6.45, 7) is 5.82. The highest BCUT2D eigenvalue weighted by Crippen LogP contribution is 2.34. The molecule has 0 saturated carbocycles. The molecule has 1 fully saturated rings. The number of aryl methyl sites for hydroxylation is 1. The summed E-state index contributed by atoms with van der Waals surface area (Å²) in [6, 6.07) is 24.1. The highest BCUT2D eigenvalue weighted by Gasteiger charge is 2.21. The van der Waals surface area contributed by atoms with Gasteiger partial charge in [-0.05, 0) is 62.4 Å². The Kier molecular flexibility index (Phi) is 7.47. The van der Waals surface area contributed by atoms with Gasteiger partial charge in [0.2, 0.25) is 0 Å². The number of carbonyl (C=O) groups is 1. The lowest BCUT2D eigenvalue weighted by molar-refractivity contribution is 0.121. The number of nitrogens with zero attached hydrogens (tertiary/aromatic N) is 2. The van der Waals surface area contributed by atoms with Crippen LogP contribution < -0.4 is 10.2 Å².